The lowest BCUT2D eigenvalue weighted by Crippen LogP contribution is -2.47. The minimum absolute atomic E-state index is 0.0464. The van der Waals surface area contributed by atoms with Crippen LogP contribution in [-0.2, 0) is 20.2 Å². The third-order valence-electron chi connectivity index (χ3n) is 4.93. The first kappa shape index (κ1) is 20.6. The van der Waals surface area contributed by atoms with Crippen LogP contribution in [0.25, 0.3) is 0 Å². The first-order chi connectivity index (χ1) is 13.9. The normalized spacial score (nSPS) is 11.6. The molecule has 3 aromatic rings. The Morgan fingerprint density at radius 3 is 1.83 bits per heavy atom. The van der Waals surface area contributed by atoms with E-state index in [1.54, 1.807) is 18.2 Å². The topological polar surface area (TPSA) is 63.2 Å². The van der Waals surface area contributed by atoms with Gasteiger partial charge in [-0.3, -0.25) is 4.79 Å². The molecular weight excluding hydrogens is 382 g/mol. The fraction of sp³-hybridized carbons (Fsp3) is 0.125. The van der Waals surface area contributed by atoms with Crippen LogP contribution in [0.2, 0.25) is 0 Å². The van der Waals surface area contributed by atoms with Gasteiger partial charge < -0.3 is 0 Å². The number of carbonyl (C=O) groups excluding carboxylic acids is 1. The molecule has 0 radical (unpaired) electrons. The maximum Gasteiger partial charge on any atom is 0.264 e. The van der Waals surface area contributed by atoms with E-state index in [0.29, 0.717) is 11.1 Å². The van der Waals surface area contributed by atoms with Gasteiger partial charge in [0.1, 0.15) is 5.41 Å². The standard InChI is InChI=1S/C24H23NO3S/c1-3-18-24(20-10-6-4-7-11-20,21-12-8-5-9-13-21)23(26)25-29(27,28)22-16-14-19(2)15-17-22/h3-17H,1,18H2,2H3,(H,25,26). The molecule has 4 nitrogen and oxygen atoms in total. The van der Waals surface area contributed by atoms with E-state index in [4.69, 9.17) is 0 Å². The van der Waals surface area contributed by atoms with Gasteiger partial charge in [0.15, 0.2) is 0 Å². The second-order valence-corrected chi connectivity index (χ2v) is 8.56. The summed E-state index contributed by atoms with van der Waals surface area (Å²) in [6.45, 7) is 5.68. The number of hydrogen-bond acceptors (Lipinski definition) is 3. The summed E-state index contributed by atoms with van der Waals surface area (Å²) in [7, 11) is -4.03. The molecule has 3 aromatic carbocycles. The van der Waals surface area contributed by atoms with Gasteiger partial charge in [-0.05, 0) is 36.6 Å². The highest BCUT2D eigenvalue weighted by molar-refractivity contribution is 7.90. The van der Waals surface area contributed by atoms with Gasteiger partial charge in [0, 0.05) is 0 Å². The number of aryl methyl sites for hydroxylation is 1. The van der Waals surface area contributed by atoms with Crippen LogP contribution in [0.1, 0.15) is 23.1 Å². The molecule has 0 bridgehead atoms. The molecule has 5 heteroatoms. The van der Waals surface area contributed by atoms with Crippen molar-refractivity contribution in [2.45, 2.75) is 23.7 Å². The summed E-state index contributed by atoms with van der Waals surface area (Å²) in [6.07, 6.45) is 1.88. The molecule has 1 N–H and O–H groups in total. The van der Waals surface area contributed by atoms with Crippen molar-refractivity contribution >= 4 is 15.9 Å². The lowest BCUT2D eigenvalue weighted by Gasteiger charge is -2.32. The van der Waals surface area contributed by atoms with Gasteiger partial charge in [-0.15, -0.1) is 6.58 Å². The second-order valence-electron chi connectivity index (χ2n) is 6.88. The number of hydrogen-bond donors (Lipinski definition) is 1. The van der Waals surface area contributed by atoms with Gasteiger partial charge in [-0.1, -0.05) is 84.4 Å². The summed E-state index contributed by atoms with van der Waals surface area (Å²) in [6, 6.07) is 24.7. The van der Waals surface area contributed by atoms with Crippen LogP contribution in [0.5, 0.6) is 0 Å². The number of allylic oxidation sites excluding steroid dienone is 1. The second kappa shape index (κ2) is 8.45. The number of rotatable bonds is 7. The number of amides is 1. The Hall–Kier alpha value is -3.18. The molecule has 148 valence electrons. The molecule has 0 spiro atoms. The quantitative estimate of drug-likeness (QED) is 0.594. The third kappa shape index (κ3) is 4.15. The van der Waals surface area contributed by atoms with Crippen molar-refractivity contribution in [2.24, 2.45) is 0 Å². The van der Waals surface area contributed by atoms with E-state index in [9.17, 15) is 13.2 Å². The Morgan fingerprint density at radius 2 is 1.38 bits per heavy atom. The molecule has 1 amide bonds. The predicted molar refractivity (Wildman–Crippen MR) is 115 cm³/mol. The van der Waals surface area contributed by atoms with Crippen LogP contribution >= 0.6 is 0 Å². The molecule has 0 saturated carbocycles. The van der Waals surface area contributed by atoms with Crippen molar-refractivity contribution < 1.29 is 13.2 Å². The van der Waals surface area contributed by atoms with Crippen LogP contribution in [0, 0.1) is 6.92 Å². The summed E-state index contributed by atoms with van der Waals surface area (Å²) < 4.78 is 28.1. The van der Waals surface area contributed by atoms with Gasteiger partial charge in [0.05, 0.1) is 4.90 Å². The Bertz CT molecular complexity index is 1050. The summed E-state index contributed by atoms with van der Waals surface area (Å²) >= 11 is 0. The zero-order valence-corrected chi connectivity index (χ0v) is 17.0. The van der Waals surface area contributed by atoms with Gasteiger partial charge in [0.2, 0.25) is 5.91 Å². The molecule has 0 unspecified atom stereocenters. The van der Waals surface area contributed by atoms with Gasteiger partial charge in [-0.25, -0.2) is 13.1 Å². The van der Waals surface area contributed by atoms with Gasteiger partial charge in [0.25, 0.3) is 10.0 Å². The molecule has 0 aliphatic heterocycles. The lowest BCUT2D eigenvalue weighted by molar-refractivity contribution is -0.123. The summed E-state index contributed by atoms with van der Waals surface area (Å²) in [4.78, 5) is 13.6. The van der Waals surface area contributed by atoms with Crippen molar-refractivity contribution in [1.29, 1.82) is 0 Å². The Balaban J connectivity index is 2.12. The van der Waals surface area contributed by atoms with Gasteiger partial charge >= 0.3 is 0 Å². The minimum atomic E-state index is -4.03. The SMILES string of the molecule is C=CCC(C(=O)NS(=O)(=O)c1ccc(C)cc1)(c1ccccc1)c1ccccc1. The van der Waals surface area contributed by atoms with Crippen LogP contribution in [0.4, 0.5) is 0 Å². The van der Waals surface area contributed by atoms with E-state index in [1.165, 1.54) is 12.1 Å². The van der Waals surface area contributed by atoms with Crippen molar-refractivity contribution in [2.75, 3.05) is 0 Å². The molecule has 3 rings (SSSR count). The molecule has 0 atom stereocenters. The van der Waals surface area contributed by atoms with Crippen molar-refractivity contribution in [3.8, 4) is 0 Å². The monoisotopic (exact) mass is 405 g/mol. The minimum Gasteiger partial charge on any atom is -0.273 e. The molecular formula is C24H23NO3S. The average Bonchev–Trinajstić information content (AvgIpc) is 2.73. The maximum atomic E-state index is 13.6. The van der Waals surface area contributed by atoms with Crippen LogP contribution < -0.4 is 4.72 Å². The molecule has 0 saturated heterocycles. The van der Waals surface area contributed by atoms with Crippen molar-refractivity contribution in [1.82, 2.24) is 4.72 Å². The van der Waals surface area contributed by atoms with Gasteiger partial charge in [-0.2, -0.15) is 0 Å². The fourth-order valence-corrected chi connectivity index (χ4v) is 4.44. The first-order valence-electron chi connectivity index (χ1n) is 9.26. The maximum absolute atomic E-state index is 13.6. The molecule has 0 heterocycles. The number of nitrogens with one attached hydrogen (secondary N) is 1. The smallest absolute Gasteiger partial charge is 0.264 e. The molecule has 0 aliphatic carbocycles. The van der Waals surface area contributed by atoms with Crippen molar-refractivity contribution in [3.63, 3.8) is 0 Å². The lowest BCUT2D eigenvalue weighted by atomic mass is 9.71. The number of carbonyl (C=O) groups is 1. The summed E-state index contributed by atoms with van der Waals surface area (Å²) in [5.41, 5.74) is 1.11. The largest absolute Gasteiger partial charge is 0.273 e. The predicted octanol–water partition coefficient (Wildman–Crippen LogP) is 4.36. The van der Waals surface area contributed by atoms with Crippen LogP contribution in [0.15, 0.2) is 102 Å². The highest BCUT2D eigenvalue weighted by Gasteiger charge is 2.42. The average molecular weight is 406 g/mol. The highest BCUT2D eigenvalue weighted by Crippen LogP contribution is 2.37. The molecule has 0 aliphatic rings. The zero-order valence-electron chi connectivity index (χ0n) is 16.2. The van der Waals surface area contributed by atoms with E-state index in [1.807, 2.05) is 67.6 Å². The van der Waals surface area contributed by atoms with E-state index in [-0.39, 0.29) is 11.3 Å². The molecule has 0 aromatic heterocycles. The van der Waals surface area contributed by atoms with E-state index >= 15 is 0 Å². The zero-order chi connectivity index (χ0) is 20.9. The number of sulfonamides is 1. The van der Waals surface area contributed by atoms with E-state index in [0.717, 1.165) is 5.56 Å². The Morgan fingerprint density at radius 1 is 0.897 bits per heavy atom. The summed E-state index contributed by atoms with van der Waals surface area (Å²) in [5, 5.41) is 0. The number of benzene rings is 3. The third-order valence-corrected chi connectivity index (χ3v) is 6.28. The van der Waals surface area contributed by atoms with E-state index in [2.05, 4.69) is 11.3 Å². The Kier molecular flexibility index (Phi) is 5.99. The highest BCUT2D eigenvalue weighted by atomic mass is 32.2. The Labute approximate surface area is 172 Å². The van der Waals surface area contributed by atoms with Crippen molar-refractivity contribution in [3.05, 3.63) is 114 Å². The first-order valence-corrected chi connectivity index (χ1v) is 10.7. The van der Waals surface area contributed by atoms with Crippen LogP contribution in [0.3, 0.4) is 0 Å². The molecule has 29 heavy (non-hydrogen) atoms. The van der Waals surface area contributed by atoms with E-state index < -0.39 is 21.3 Å². The summed E-state index contributed by atoms with van der Waals surface area (Å²) in [5.74, 6) is -0.615. The molecule has 0 fully saturated rings. The fourth-order valence-electron chi connectivity index (χ4n) is 3.40. The van der Waals surface area contributed by atoms with Crippen LogP contribution in [-0.4, -0.2) is 14.3 Å².